The van der Waals surface area contributed by atoms with Gasteiger partial charge >= 0.3 is 0 Å². The maximum Gasteiger partial charge on any atom is 0.251 e. The van der Waals surface area contributed by atoms with E-state index in [1.54, 1.807) is 26.4 Å². The Morgan fingerprint density at radius 2 is 1.71 bits per heavy atom. The van der Waals surface area contributed by atoms with Gasteiger partial charge in [-0.2, -0.15) is 0 Å². The van der Waals surface area contributed by atoms with E-state index in [0.717, 1.165) is 13.0 Å². The maximum absolute atomic E-state index is 12.3. The Bertz CT molecular complexity index is 518. The van der Waals surface area contributed by atoms with Crippen molar-refractivity contribution in [2.45, 2.75) is 32.1 Å². The number of nitrogens with zero attached hydrogens (tertiary/aromatic N) is 1. The van der Waals surface area contributed by atoms with Crippen LogP contribution in [0, 0.1) is 0 Å². The van der Waals surface area contributed by atoms with E-state index in [-0.39, 0.29) is 5.91 Å². The largest absolute Gasteiger partial charge is 0.495 e. The molecule has 1 aliphatic heterocycles. The summed E-state index contributed by atoms with van der Waals surface area (Å²) in [4.78, 5) is 14.9. The van der Waals surface area contributed by atoms with Crippen molar-refractivity contribution in [2.75, 3.05) is 40.4 Å². The van der Waals surface area contributed by atoms with Crippen LogP contribution in [-0.4, -0.2) is 51.2 Å². The second-order valence-electron chi connectivity index (χ2n) is 6.06. The van der Waals surface area contributed by atoms with E-state index in [0.29, 0.717) is 28.1 Å². The van der Waals surface area contributed by atoms with Crippen LogP contribution in [0.3, 0.4) is 0 Å². The first-order valence-electron chi connectivity index (χ1n) is 8.57. The molecule has 1 N–H and O–H groups in total. The van der Waals surface area contributed by atoms with Crippen LogP contribution in [0.15, 0.2) is 16.6 Å². The minimum absolute atomic E-state index is 0.102. The summed E-state index contributed by atoms with van der Waals surface area (Å²) in [6, 6.07) is 3.44. The van der Waals surface area contributed by atoms with Gasteiger partial charge in [0.25, 0.3) is 5.91 Å². The third kappa shape index (κ3) is 5.38. The third-order valence-electron chi connectivity index (χ3n) is 4.34. The van der Waals surface area contributed by atoms with E-state index < -0.39 is 0 Å². The van der Waals surface area contributed by atoms with Crippen molar-refractivity contribution in [2.24, 2.45) is 0 Å². The van der Waals surface area contributed by atoms with Crippen LogP contribution < -0.4 is 14.8 Å². The van der Waals surface area contributed by atoms with Gasteiger partial charge < -0.3 is 19.7 Å². The van der Waals surface area contributed by atoms with E-state index in [9.17, 15) is 4.79 Å². The quantitative estimate of drug-likeness (QED) is 0.714. The van der Waals surface area contributed by atoms with Gasteiger partial charge in [-0.05, 0) is 67.0 Å². The molecule has 0 atom stereocenters. The predicted octanol–water partition coefficient (Wildman–Crippen LogP) is 3.46. The molecular formula is C18H27BrN2O3. The van der Waals surface area contributed by atoms with Crippen molar-refractivity contribution in [3.63, 3.8) is 0 Å². The number of rotatable bonds is 7. The average Bonchev–Trinajstić information content (AvgIpc) is 2.87. The van der Waals surface area contributed by atoms with Crippen molar-refractivity contribution in [3.05, 3.63) is 22.2 Å². The fraction of sp³-hybridized carbons (Fsp3) is 0.611. The first-order valence-corrected chi connectivity index (χ1v) is 9.37. The number of benzene rings is 1. The number of halogens is 1. The molecule has 5 nitrogen and oxygen atoms in total. The minimum Gasteiger partial charge on any atom is -0.495 e. The van der Waals surface area contributed by atoms with E-state index in [2.05, 4.69) is 26.1 Å². The Kier molecular flexibility index (Phi) is 7.85. The molecule has 134 valence electrons. The van der Waals surface area contributed by atoms with Crippen molar-refractivity contribution < 1.29 is 14.3 Å². The lowest BCUT2D eigenvalue weighted by Crippen LogP contribution is -2.30. The number of carbonyl (C=O) groups is 1. The zero-order valence-corrected chi connectivity index (χ0v) is 16.2. The highest BCUT2D eigenvalue weighted by Crippen LogP contribution is 2.35. The van der Waals surface area contributed by atoms with Crippen LogP contribution in [0.1, 0.15) is 42.5 Å². The molecule has 1 saturated heterocycles. The molecule has 1 fully saturated rings. The average molecular weight is 399 g/mol. The van der Waals surface area contributed by atoms with Gasteiger partial charge in [0.1, 0.15) is 16.0 Å². The Labute approximate surface area is 152 Å². The molecular weight excluding hydrogens is 372 g/mol. The first kappa shape index (κ1) is 19.1. The van der Waals surface area contributed by atoms with Gasteiger partial charge in [0, 0.05) is 12.1 Å². The monoisotopic (exact) mass is 398 g/mol. The number of carbonyl (C=O) groups excluding carboxylic acids is 1. The fourth-order valence-electron chi connectivity index (χ4n) is 2.97. The van der Waals surface area contributed by atoms with Crippen LogP contribution in [0.25, 0.3) is 0 Å². The molecule has 1 amide bonds. The van der Waals surface area contributed by atoms with Gasteiger partial charge in [0.2, 0.25) is 0 Å². The van der Waals surface area contributed by atoms with Crippen LogP contribution >= 0.6 is 15.9 Å². The van der Waals surface area contributed by atoms with Gasteiger partial charge in [0.05, 0.1) is 14.2 Å². The first-order chi connectivity index (χ1) is 11.7. The van der Waals surface area contributed by atoms with E-state index in [4.69, 9.17) is 9.47 Å². The van der Waals surface area contributed by atoms with Crippen LogP contribution in [0.5, 0.6) is 11.5 Å². The van der Waals surface area contributed by atoms with Crippen LogP contribution in [-0.2, 0) is 0 Å². The number of amides is 1. The molecule has 0 aromatic heterocycles. The van der Waals surface area contributed by atoms with E-state index >= 15 is 0 Å². The molecule has 1 aromatic rings. The normalized spacial score (nSPS) is 15.6. The Morgan fingerprint density at radius 3 is 2.25 bits per heavy atom. The Balaban J connectivity index is 1.83. The summed E-state index contributed by atoms with van der Waals surface area (Å²) in [6.07, 6.45) is 6.26. The summed E-state index contributed by atoms with van der Waals surface area (Å²) in [7, 11) is 3.14. The number of hydrogen-bond acceptors (Lipinski definition) is 4. The smallest absolute Gasteiger partial charge is 0.251 e. The second-order valence-corrected chi connectivity index (χ2v) is 6.85. The van der Waals surface area contributed by atoms with Gasteiger partial charge in [-0.25, -0.2) is 0 Å². The highest BCUT2D eigenvalue weighted by atomic mass is 79.9. The second kappa shape index (κ2) is 9.89. The van der Waals surface area contributed by atoms with Gasteiger partial charge in [-0.15, -0.1) is 0 Å². The summed E-state index contributed by atoms with van der Waals surface area (Å²) in [6.45, 7) is 4.10. The predicted molar refractivity (Wildman–Crippen MR) is 99.1 cm³/mol. The van der Waals surface area contributed by atoms with E-state index in [1.807, 2.05) is 0 Å². The molecule has 0 spiro atoms. The van der Waals surface area contributed by atoms with Crippen LogP contribution in [0.4, 0.5) is 0 Å². The minimum atomic E-state index is -0.102. The summed E-state index contributed by atoms with van der Waals surface area (Å²) in [5.74, 6) is 1.07. The zero-order chi connectivity index (χ0) is 17.4. The molecule has 1 aromatic carbocycles. The van der Waals surface area contributed by atoms with Crippen molar-refractivity contribution in [1.29, 1.82) is 0 Å². The van der Waals surface area contributed by atoms with Gasteiger partial charge in [-0.3, -0.25) is 4.79 Å². The number of likely N-dealkylation sites (tertiary alicyclic amines) is 1. The number of hydrogen-bond donors (Lipinski definition) is 1. The third-order valence-corrected chi connectivity index (χ3v) is 5.12. The molecule has 1 heterocycles. The number of nitrogens with one attached hydrogen (secondary N) is 1. The summed E-state index contributed by atoms with van der Waals surface area (Å²) in [5, 5.41) is 2.98. The highest BCUT2D eigenvalue weighted by Gasteiger charge is 2.14. The number of ether oxygens (including phenoxy) is 2. The Hall–Kier alpha value is -1.27. The number of methoxy groups -OCH3 is 2. The van der Waals surface area contributed by atoms with Crippen molar-refractivity contribution >= 4 is 21.8 Å². The van der Waals surface area contributed by atoms with Crippen LogP contribution in [0.2, 0.25) is 0 Å². The topological polar surface area (TPSA) is 50.8 Å². The highest BCUT2D eigenvalue weighted by molar-refractivity contribution is 9.10. The molecule has 0 bridgehead atoms. The molecule has 0 unspecified atom stereocenters. The molecule has 6 heteroatoms. The zero-order valence-electron chi connectivity index (χ0n) is 14.6. The molecule has 24 heavy (non-hydrogen) atoms. The van der Waals surface area contributed by atoms with Crippen molar-refractivity contribution in [3.8, 4) is 11.5 Å². The Morgan fingerprint density at radius 1 is 1.12 bits per heavy atom. The van der Waals surface area contributed by atoms with Crippen molar-refractivity contribution in [1.82, 2.24) is 10.2 Å². The van der Waals surface area contributed by atoms with Gasteiger partial charge in [0.15, 0.2) is 0 Å². The molecule has 1 aliphatic rings. The van der Waals surface area contributed by atoms with Gasteiger partial charge in [-0.1, -0.05) is 12.8 Å². The molecule has 0 saturated carbocycles. The van der Waals surface area contributed by atoms with E-state index in [1.165, 1.54) is 38.8 Å². The lowest BCUT2D eigenvalue weighted by molar-refractivity contribution is 0.0951. The standard InChI is InChI=1S/C18H27BrN2O3/c1-23-15-12-14(13-16(24-2)17(15)19)18(22)20-8-7-11-21-9-5-3-4-6-10-21/h12-13H,3-11H2,1-2H3,(H,20,22). The molecule has 0 radical (unpaired) electrons. The maximum atomic E-state index is 12.3. The molecule has 2 rings (SSSR count). The fourth-order valence-corrected chi connectivity index (χ4v) is 3.52. The summed E-state index contributed by atoms with van der Waals surface area (Å²) in [5.41, 5.74) is 0.543. The molecule has 0 aliphatic carbocycles. The lowest BCUT2D eigenvalue weighted by Gasteiger charge is -2.19. The SMILES string of the molecule is COc1cc(C(=O)NCCCN2CCCCCC2)cc(OC)c1Br. The summed E-state index contributed by atoms with van der Waals surface area (Å²) >= 11 is 3.41. The lowest BCUT2D eigenvalue weighted by atomic mass is 10.2. The summed E-state index contributed by atoms with van der Waals surface area (Å²) < 4.78 is 11.3.